The van der Waals surface area contributed by atoms with Gasteiger partial charge in [0.25, 0.3) is 0 Å². The van der Waals surface area contributed by atoms with Crippen LogP contribution in [0.15, 0.2) is 18.2 Å². The molecule has 0 aromatic heterocycles. The van der Waals surface area contributed by atoms with Gasteiger partial charge in [0.15, 0.2) is 5.11 Å². The van der Waals surface area contributed by atoms with Crippen LogP contribution in [0.5, 0.6) is 0 Å². The van der Waals surface area contributed by atoms with Crippen LogP contribution in [0.1, 0.15) is 36.8 Å². The summed E-state index contributed by atoms with van der Waals surface area (Å²) in [5, 5.41) is 4.29. The maximum absolute atomic E-state index is 5.78. The second-order valence-electron chi connectivity index (χ2n) is 7.54. The topological polar surface area (TPSA) is 27.7 Å². The van der Waals surface area contributed by atoms with E-state index < -0.39 is 0 Å². The first kappa shape index (κ1) is 18.6. The van der Waals surface area contributed by atoms with Crippen LogP contribution < -0.4 is 5.32 Å². The molecule has 1 N–H and O–H groups in total. The predicted octanol–water partition coefficient (Wildman–Crippen LogP) is 3.58. The minimum Gasteiger partial charge on any atom is -0.377 e. The molecule has 2 fully saturated rings. The van der Waals surface area contributed by atoms with E-state index in [-0.39, 0.29) is 0 Å². The van der Waals surface area contributed by atoms with Gasteiger partial charge >= 0.3 is 0 Å². The highest BCUT2D eigenvalue weighted by Gasteiger charge is 2.26. The first-order valence-corrected chi connectivity index (χ1v) is 9.89. The quantitative estimate of drug-likeness (QED) is 0.828. The number of benzene rings is 1. The van der Waals surface area contributed by atoms with Crippen molar-refractivity contribution in [2.75, 3.05) is 38.6 Å². The van der Waals surface area contributed by atoms with Crippen molar-refractivity contribution < 1.29 is 4.74 Å². The smallest absolute Gasteiger partial charge is 0.173 e. The third kappa shape index (κ3) is 4.93. The summed E-state index contributed by atoms with van der Waals surface area (Å²) in [5.41, 5.74) is 3.64. The van der Waals surface area contributed by atoms with Crippen molar-refractivity contribution in [3.63, 3.8) is 0 Å². The molecule has 138 valence electrons. The lowest BCUT2D eigenvalue weighted by molar-refractivity contribution is 0.0576. The number of aryl methyl sites for hydroxylation is 2. The lowest BCUT2D eigenvalue weighted by Gasteiger charge is -2.38. The average Bonchev–Trinajstić information content (AvgIpc) is 3.10. The van der Waals surface area contributed by atoms with Crippen LogP contribution in [0, 0.1) is 13.8 Å². The van der Waals surface area contributed by atoms with Gasteiger partial charge in [0.05, 0.1) is 6.10 Å². The Balaban J connectivity index is 1.47. The van der Waals surface area contributed by atoms with Crippen LogP contribution in [0.25, 0.3) is 0 Å². The molecule has 1 aromatic rings. The number of anilines is 1. The second kappa shape index (κ2) is 8.47. The number of likely N-dealkylation sites (N-methyl/N-ethyl adjacent to an activating group) is 1. The van der Waals surface area contributed by atoms with Gasteiger partial charge in [-0.25, -0.2) is 0 Å². The minimum absolute atomic E-state index is 0.440. The van der Waals surface area contributed by atoms with Crippen molar-refractivity contribution in [3.8, 4) is 0 Å². The van der Waals surface area contributed by atoms with Crippen LogP contribution >= 0.6 is 12.2 Å². The molecule has 2 saturated heterocycles. The standard InChI is InChI=1S/C20H31N3OS/c1-15-6-7-19(16(2)13-15)21-20(25)23-10-8-17(9-11-23)22(3)14-18-5-4-12-24-18/h6-7,13,17-18H,4-5,8-12,14H2,1-3H3,(H,21,25)/t18-/m0/s1. The Morgan fingerprint density at radius 2 is 2.04 bits per heavy atom. The summed E-state index contributed by atoms with van der Waals surface area (Å²) in [5.74, 6) is 0. The molecule has 1 aromatic carbocycles. The summed E-state index contributed by atoms with van der Waals surface area (Å²) in [6.45, 7) is 8.30. The summed E-state index contributed by atoms with van der Waals surface area (Å²) in [7, 11) is 2.24. The van der Waals surface area contributed by atoms with E-state index in [1.165, 1.54) is 24.0 Å². The van der Waals surface area contributed by atoms with E-state index in [1.54, 1.807) is 0 Å². The van der Waals surface area contributed by atoms with Crippen LogP contribution in [-0.4, -0.2) is 60.3 Å². The van der Waals surface area contributed by atoms with E-state index in [0.717, 1.165) is 49.9 Å². The van der Waals surface area contributed by atoms with Crippen molar-refractivity contribution in [2.24, 2.45) is 0 Å². The Bertz CT molecular complexity index is 593. The fourth-order valence-electron chi connectivity index (χ4n) is 3.92. The zero-order valence-electron chi connectivity index (χ0n) is 15.8. The van der Waals surface area contributed by atoms with Crippen LogP contribution in [0.3, 0.4) is 0 Å². The molecule has 0 bridgehead atoms. The highest BCUT2D eigenvalue weighted by molar-refractivity contribution is 7.80. The fourth-order valence-corrected chi connectivity index (χ4v) is 4.21. The zero-order chi connectivity index (χ0) is 17.8. The van der Waals surface area contributed by atoms with Crippen LogP contribution in [0.2, 0.25) is 0 Å². The van der Waals surface area contributed by atoms with E-state index in [9.17, 15) is 0 Å². The number of piperidine rings is 1. The molecule has 0 amide bonds. The summed E-state index contributed by atoms with van der Waals surface area (Å²) < 4.78 is 5.78. The molecule has 25 heavy (non-hydrogen) atoms. The molecule has 2 heterocycles. The summed E-state index contributed by atoms with van der Waals surface area (Å²) in [4.78, 5) is 4.80. The van der Waals surface area contributed by atoms with Gasteiger partial charge in [0.2, 0.25) is 0 Å². The van der Waals surface area contributed by atoms with Crippen molar-refractivity contribution in [1.82, 2.24) is 9.80 Å². The summed E-state index contributed by atoms with van der Waals surface area (Å²) >= 11 is 5.65. The Kier molecular flexibility index (Phi) is 6.31. The first-order chi connectivity index (χ1) is 12.0. The molecule has 0 radical (unpaired) electrons. The van der Waals surface area contributed by atoms with Gasteiger partial charge in [-0.1, -0.05) is 17.7 Å². The molecular weight excluding hydrogens is 330 g/mol. The molecule has 0 unspecified atom stereocenters. The van der Waals surface area contributed by atoms with E-state index in [4.69, 9.17) is 17.0 Å². The Morgan fingerprint density at radius 1 is 1.28 bits per heavy atom. The molecule has 5 heteroatoms. The monoisotopic (exact) mass is 361 g/mol. The van der Waals surface area contributed by atoms with Crippen molar-refractivity contribution in [3.05, 3.63) is 29.3 Å². The molecule has 0 spiro atoms. The van der Waals surface area contributed by atoms with E-state index in [1.807, 2.05) is 0 Å². The lowest BCUT2D eigenvalue weighted by Crippen LogP contribution is -2.48. The lowest BCUT2D eigenvalue weighted by atomic mass is 10.0. The van der Waals surface area contributed by atoms with Gasteiger partial charge < -0.3 is 19.9 Å². The molecule has 2 aliphatic heterocycles. The van der Waals surface area contributed by atoms with E-state index >= 15 is 0 Å². The molecule has 0 saturated carbocycles. The SMILES string of the molecule is Cc1ccc(NC(=S)N2CCC(N(C)C[C@@H]3CCCO3)CC2)c(C)c1. The minimum atomic E-state index is 0.440. The van der Waals surface area contributed by atoms with Crippen molar-refractivity contribution in [1.29, 1.82) is 0 Å². The zero-order valence-corrected chi connectivity index (χ0v) is 16.6. The normalized spacial score (nSPS) is 21.8. The maximum atomic E-state index is 5.78. The number of nitrogens with one attached hydrogen (secondary N) is 1. The van der Waals surface area contributed by atoms with Crippen LogP contribution in [-0.2, 0) is 4.74 Å². The summed E-state index contributed by atoms with van der Waals surface area (Å²) in [6.07, 6.45) is 5.20. The number of thiocarbonyl (C=S) groups is 1. The van der Waals surface area contributed by atoms with Crippen molar-refractivity contribution in [2.45, 2.75) is 51.7 Å². The number of likely N-dealkylation sites (tertiary alicyclic amines) is 1. The molecule has 0 aliphatic carbocycles. The molecule has 1 atom stereocenters. The van der Waals surface area contributed by atoms with Gasteiger partial charge in [0.1, 0.15) is 0 Å². The average molecular weight is 362 g/mol. The largest absolute Gasteiger partial charge is 0.377 e. The van der Waals surface area contributed by atoms with Gasteiger partial charge in [-0.2, -0.15) is 0 Å². The predicted molar refractivity (Wildman–Crippen MR) is 108 cm³/mol. The Hall–Kier alpha value is -1.17. The highest BCUT2D eigenvalue weighted by atomic mass is 32.1. The van der Waals surface area contributed by atoms with Crippen LogP contribution in [0.4, 0.5) is 5.69 Å². The van der Waals surface area contributed by atoms with Gasteiger partial charge in [0, 0.05) is 38.0 Å². The highest BCUT2D eigenvalue weighted by Crippen LogP contribution is 2.21. The number of ether oxygens (including phenoxy) is 1. The van der Waals surface area contributed by atoms with E-state index in [0.29, 0.717) is 12.1 Å². The fraction of sp³-hybridized carbons (Fsp3) is 0.650. The third-order valence-electron chi connectivity index (χ3n) is 5.51. The number of rotatable bonds is 4. The number of hydrogen-bond donors (Lipinski definition) is 1. The van der Waals surface area contributed by atoms with E-state index in [2.05, 4.69) is 54.2 Å². The maximum Gasteiger partial charge on any atom is 0.173 e. The molecule has 4 nitrogen and oxygen atoms in total. The van der Waals surface area contributed by atoms with Gasteiger partial charge in [-0.05, 0) is 70.4 Å². The van der Waals surface area contributed by atoms with Gasteiger partial charge in [-0.15, -0.1) is 0 Å². The summed E-state index contributed by atoms with van der Waals surface area (Å²) in [6, 6.07) is 7.09. The van der Waals surface area contributed by atoms with Gasteiger partial charge in [-0.3, -0.25) is 0 Å². The van der Waals surface area contributed by atoms with Crippen molar-refractivity contribution >= 4 is 23.0 Å². The first-order valence-electron chi connectivity index (χ1n) is 9.48. The number of nitrogens with zero attached hydrogens (tertiary/aromatic N) is 2. The molecule has 3 rings (SSSR count). The number of hydrogen-bond acceptors (Lipinski definition) is 3. The molecular formula is C20H31N3OS. The Labute approximate surface area is 157 Å². The Morgan fingerprint density at radius 3 is 2.68 bits per heavy atom. The second-order valence-corrected chi connectivity index (χ2v) is 7.93. The third-order valence-corrected chi connectivity index (χ3v) is 5.87. The molecule has 2 aliphatic rings.